The lowest BCUT2D eigenvalue weighted by Crippen LogP contribution is -2.64. The summed E-state index contributed by atoms with van der Waals surface area (Å²) in [7, 11) is 3.39. The van der Waals surface area contributed by atoms with Crippen LogP contribution in [0.4, 0.5) is 5.69 Å². The van der Waals surface area contributed by atoms with Gasteiger partial charge in [-0.2, -0.15) is 0 Å². The fourth-order valence-corrected chi connectivity index (χ4v) is 3.76. The van der Waals surface area contributed by atoms with Crippen LogP contribution in [0.2, 0.25) is 0 Å². The Bertz CT molecular complexity index is 499. The number of rotatable bonds is 6. The number of anilines is 1. The van der Waals surface area contributed by atoms with Crippen LogP contribution in [-0.4, -0.2) is 33.0 Å². The molecule has 1 aromatic rings. The maximum absolute atomic E-state index is 5.91. The molecule has 0 bridgehead atoms. The number of nitrogens with one attached hydrogen (secondary N) is 1. The standard InChI is InChI=1S/C17H25NO3/c1-4-21-16-11-15(17(16)8-5-9-17)18-13-10-12(19-2)6-7-14(13)20-3/h6-7,10,15-16,18H,4-5,8-9,11H2,1-3H3. The van der Waals surface area contributed by atoms with E-state index in [4.69, 9.17) is 14.2 Å². The number of hydrogen-bond donors (Lipinski definition) is 1. The molecular formula is C17H25NO3. The second-order valence-corrected chi connectivity index (χ2v) is 6.03. The van der Waals surface area contributed by atoms with E-state index in [-0.39, 0.29) is 0 Å². The van der Waals surface area contributed by atoms with Gasteiger partial charge in [-0.3, -0.25) is 0 Å². The molecule has 0 amide bonds. The molecule has 116 valence electrons. The Labute approximate surface area is 126 Å². The zero-order valence-corrected chi connectivity index (χ0v) is 13.1. The van der Waals surface area contributed by atoms with E-state index in [2.05, 4.69) is 12.2 Å². The van der Waals surface area contributed by atoms with Crippen molar-refractivity contribution >= 4 is 5.69 Å². The maximum Gasteiger partial charge on any atom is 0.142 e. The Morgan fingerprint density at radius 3 is 2.62 bits per heavy atom. The zero-order chi connectivity index (χ0) is 14.9. The van der Waals surface area contributed by atoms with Gasteiger partial charge in [-0.25, -0.2) is 0 Å². The Morgan fingerprint density at radius 2 is 2.05 bits per heavy atom. The van der Waals surface area contributed by atoms with Crippen molar-refractivity contribution in [1.82, 2.24) is 0 Å². The molecule has 2 fully saturated rings. The van der Waals surface area contributed by atoms with Gasteiger partial charge in [0, 0.05) is 24.1 Å². The van der Waals surface area contributed by atoms with Crippen LogP contribution >= 0.6 is 0 Å². The summed E-state index contributed by atoms with van der Waals surface area (Å²) in [6.07, 6.45) is 5.35. The van der Waals surface area contributed by atoms with Crippen LogP contribution in [0.5, 0.6) is 11.5 Å². The number of methoxy groups -OCH3 is 2. The number of benzene rings is 1. The smallest absolute Gasteiger partial charge is 0.142 e. The highest BCUT2D eigenvalue weighted by Gasteiger charge is 2.59. The highest BCUT2D eigenvalue weighted by molar-refractivity contribution is 5.61. The molecule has 0 saturated heterocycles. The molecule has 2 atom stereocenters. The van der Waals surface area contributed by atoms with Crippen LogP contribution in [-0.2, 0) is 4.74 Å². The van der Waals surface area contributed by atoms with Crippen molar-refractivity contribution in [3.8, 4) is 11.5 Å². The Hall–Kier alpha value is -1.42. The van der Waals surface area contributed by atoms with E-state index in [1.807, 2.05) is 18.2 Å². The molecule has 21 heavy (non-hydrogen) atoms. The topological polar surface area (TPSA) is 39.7 Å². The molecule has 2 saturated carbocycles. The SMILES string of the molecule is CCOC1CC(Nc2cc(OC)ccc2OC)C12CCC2. The molecule has 2 aliphatic carbocycles. The van der Waals surface area contributed by atoms with Crippen molar-refractivity contribution in [3.05, 3.63) is 18.2 Å². The highest BCUT2D eigenvalue weighted by atomic mass is 16.5. The van der Waals surface area contributed by atoms with E-state index in [1.54, 1.807) is 14.2 Å². The molecule has 0 aromatic heterocycles. The lowest BCUT2D eigenvalue weighted by molar-refractivity contribution is -0.157. The highest BCUT2D eigenvalue weighted by Crippen LogP contribution is 2.58. The Morgan fingerprint density at radius 1 is 1.24 bits per heavy atom. The van der Waals surface area contributed by atoms with Gasteiger partial charge in [0.2, 0.25) is 0 Å². The number of ether oxygens (including phenoxy) is 3. The summed E-state index contributed by atoms with van der Waals surface area (Å²) in [5.74, 6) is 1.71. The van der Waals surface area contributed by atoms with Crippen LogP contribution in [0.15, 0.2) is 18.2 Å². The van der Waals surface area contributed by atoms with Crippen molar-refractivity contribution in [2.45, 2.75) is 44.8 Å². The van der Waals surface area contributed by atoms with Gasteiger partial charge in [-0.05, 0) is 38.3 Å². The van der Waals surface area contributed by atoms with Gasteiger partial charge in [-0.15, -0.1) is 0 Å². The van der Waals surface area contributed by atoms with E-state index in [0.29, 0.717) is 17.6 Å². The minimum absolute atomic E-state index is 0.337. The molecule has 0 radical (unpaired) electrons. The van der Waals surface area contributed by atoms with Gasteiger partial charge in [-0.1, -0.05) is 6.42 Å². The second-order valence-electron chi connectivity index (χ2n) is 6.03. The third kappa shape index (κ3) is 2.35. The van der Waals surface area contributed by atoms with E-state index in [1.165, 1.54) is 19.3 Å². The van der Waals surface area contributed by atoms with Crippen LogP contribution < -0.4 is 14.8 Å². The predicted molar refractivity (Wildman–Crippen MR) is 83.3 cm³/mol. The molecular weight excluding hydrogens is 266 g/mol. The van der Waals surface area contributed by atoms with Crippen molar-refractivity contribution in [2.75, 3.05) is 26.1 Å². The lowest BCUT2D eigenvalue weighted by Gasteiger charge is -2.61. The normalized spacial score (nSPS) is 25.9. The van der Waals surface area contributed by atoms with Crippen molar-refractivity contribution in [1.29, 1.82) is 0 Å². The summed E-state index contributed by atoms with van der Waals surface area (Å²) in [5.41, 5.74) is 1.35. The molecule has 3 rings (SSSR count). The average molecular weight is 291 g/mol. The van der Waals surface area contributed by atoms with Crippen molar-refractivity contribution in [2.24, 2.45) is 5.41 Å². The Kier molecular flexibility index (Phi) is 3.98. The minimum Gasteiger partial charge on any atom is -0.497 e. The van der Waals surface area contributed by atoms with Crippen LogP contribution in [0, 0.1) is 5.41 Å². The molecule has 0 aliphatic heterocycles. The minimum atomic E-state index is 0.337. The third-order valence-corrected chi connectivity index (χ3v) is 5.17. The predicted octanol–water partition coefficient (Wildman–Crippen LogP) is 3.46. The van der Waals surface area contributed by atoms with Crippen molar-refractivity contribution in [3.63, 3.8) is 0 Å². The first-order valence-electron chi connectivity index (χ1n) is 7.83. The van der Waals surface area contributed by atoms with Crippen LogP contribution in [0.1, 0.15) is 32.6 Å². The van der Waals surface area contributed by atoms with Gasteiger partial charge in [0.15, 0.2) is 0 Å². The molecule has 2 aliphatic rings. The van der Waals surface area contributed by atoms with Gasteiger partial charge in [0.25, 0.3) is 0 Å². The first-order chi connectivity index (χ1) is 10.2. The molecule has 4 nitrogen and oxygen atoms in total. The van der Waals surface area contributed by atoms with Gasteiger partial charge >= 0.3 is 0 Å². The quantitative estimate of drug-likeness (QED) is 0.871. The molecule has 1 N–H and O–H groups in total. The zero-order valence-electron chi connectivity index (χ0n) is 13.1. The van der Waals surface area contributed by atoms with Gasteiger partial charge in [0.1, 0.15) is 11.5 Å². The molecule has 4 heteroatoms. The third-order valence-electron chi connectivity index (χ3n) is 5.17. The summed E-state index contributed by atoms with van der Waals surface area (Å²) in [4.78, 5) is 0. The fraction of sp³-hybridized carbons (Fsp3) is 0.647. The molecule has 1 aromatic carbocycles. The van der Waals surface area contributed by atoms with Crippen molar-refractivity contribution < 1.29 is 14.2 Å². The number of hydrogen-bond acceptors (Lipinski definition) is 4. The van der Waals surface area contributed by atoms with Gasteiger partial charge < -0.3 is 19.5 Å². The summed E-state index contributed by atoms with van der Waals surface area (Å²) in [6, 6.07) is 6.36. The summed E-state index contributed by atoms with van der Waals surface area (Å²) in [5, 5.41) is 3.67. The van der Waals surface area contributed by atoms with E-state index in [0.717, 1.165) is 30.2 Å². The maximum atomic E-state index is 5.91. The largest absolute Gasteiger partial charge is 0.497 e. The van der Waals surface area contributed by atoms with E-state index >= 15 is 0 Å². The monoisotopic (exact) mass is 291 g/mol. The second kappa shape index (κ2) is 5.76. The summed E-state index contributed by atoms with van der Waals surface area (Å²) in [6.45, 7) is 2.89. The van der Waals surface area contributed by atoms with E-state index < -0.39 is 0 Å². The lowest BCUT2D eigenvalue weighted by atomic mass is 9.51. The average Bonchev–Trinajstić information content (AvgIpc) is 2.44. The summed E-state index contributed by atoms with van der Waals surface area (Å²) < 4.78 is 16.7. The van der Waals surface area contributed by atoms with E-state index in [9.17, 15) is 0 Å². The molecule has 1 spiro atoms. The van der Waals surface area contributed by atoms with Crippen LogP contribution in [0.25, 0.3) is 0 Å². The van der Waals surface area contributed by atoms with Crippen LogP contribution in [0.3, 0.4) is 0 Å². The molecule has 2 unspecified atom stereocenters. The first kappa shape index (κ1) is 14.5. The fourth-order valence-electron chi connectivity index (χ4n) is 3.76. The Balaban J connectivity index is 1.75. The summed E-state index contributed by atoms with van der Waals surface area (Å²) >= 11 is 0. The first-order valence-corrected chi connectivity index (χ1v) is 7.83. The molecule has 0 heterocycles. The van der Waals surface area contributed by atoms with Gasteiger partial charge in [0.05, 0.1) is 26.0 Å².